The van der Waals surface area contributed by atoms with Gasteiger partial charge < -0.3 is 15.0 Å². The van der Waals surface area contributed by atoms with Crippen molar-refractivity contribution < 1.29 is 22.7 Å². The highest BCUT2D eigenvalue weighted by molar-refractivity contribution is 6.33. The van der Waals surface area contributed by atoms with Crippen molar-refractivity contribution in [3.8, 4) is 0 Å². The van der Waals surface area contributed by atoms with E-state index in [1.165, 1.54) is 4.52 Å². The van der Waals surface area contributed by atoms with E-state index < -0.39 is 23.7 Å². The molecule has 3 aromatic rings. The minimum absolute atomic E-state index is 0.0126. The van der Waals surface area contributed by atoms with Crippen molar-refractivity contribution in [2.75, 3.05) is 49.6 Å². The maximum Gasteiger partial charge on any atom is 0.416 e. The fourth-order valence-corrected chi connectivity index (χ4v) is 6.58. The molecule has 1 saturated heterocycles. The number of nitrogens with zero attached hydrogens (tertiary/aromatic N) is 6. The molecule has 2 atom stereocenters. The van der Waals surface area contributed by atoms with Crippen molar-refractivity contribution in [3.63, 3.8) is 0 Å². The Hall–Kier alpha value is -3.42. The van der Waals surface area contributed by atoms with Gasteiger partial charge in [0.05, 0.1) is 35.2 Å². The van der Waals surface area contributed by atoms with Crippen LogP contribution in [0.4, 0.5) is 24.5 Å². The van der Waals surface area contributed by atoms with Crippen LogP contribution in [0.25, 0.3) is 11.4 Å². The summed E-state index contributed by atoms with van der Waals surface area (Å²) in [4.78, 5) is 37.2. The molecule has 0 aliphatic carbocycles. The highest BCUT2D eigenvalue weighted by Crippen LogP contribution is 2.42. The Bertz CT molecular complexity index is 1700. The van der Waals surface area contributed by atoms with Crippen LogP contribution in [0.3, 0.4) is 0 Å². The summed E-state index contributed by atoms with van der Waals surface area (Å²) in [6.07, 6.45) is -1.73. The lowest BCUT2D eigenvalue weighted by atomic mass is 10.0. The lowest BCUT2D eigenvalue weighted by Gasteiger charge is -2.43. The van der Waals surface area contributed by atoms with Gasteiger partial charge in [0, 0.05) is 37.6 Å². The number of carbonyl (C=O) groups excluding carboxylic acids is 1. The molecular formula is C30H35ClF3N7O3. The van der Waals surface area contributed by atoms with Gasteiger partial charge in [0.1, 0.15) is 11.7 Å². The van der Waals surface area contributed by atoms with Crippen molar-refractivity contribution in [1.29, 1.82) is 0 Å². The van der Waals surface area contributed by atoms with Gasteiger partial charge in [0.2, 0.25) is 11.7 Å². The van der Waals surface area contributed by atoms with Gasteiger partial charge in [0.25, 0.3) is 5.56 Å². The smallest absolute Gasteiger partial charge is 0.377 e. The number of anilines is 2. The SMILES string of the molecule is C[C@H]1C[C@H](C(=O)Nc2ccc(C(F)(F)F)cc2Cl)n2c1c(N1CCN(C(C)(C)C)CC1)c(=O)n1nc(C3=CCOCC3)nc21. The van der Waals surface area contributed by atoms with Crippen LogP contribution in [0, 0.1) is 0 Å². The number of carbonyl (C=O) groups is 1. The molecule has 3 aliphatic heterocycles. The molecule has 2 aromatic heterocycles. The maximum absolute atomic E-state index is 14.2. The minimum atomic E-state index is -4.57. The summed E-state index contributed by atoms with van der Waals surface area (Å²) in [5.74, 6) is -0.0162. The summed E-state index contributed by atoms with van der Waals surface area (Å²) in [5, 5.41) is 7.12. The minimum Gasteiger partial charge on any atom is -0.377 e. The van der Waals surface area contributed by atoms with Gasteiger partial charge in [-0.25, -0.2) is 0 Å². The van der Waals surface area contributed by atoms with Crippen LogP contribution in [-0.4, -0.2) is 74.9 Å². The van der Waals surface area contributed by atoms with Crippen LogP contribution in [0.15, 0.2) is 29.1 Å². The molecule has 5 heterocycles. The average Bonchev–Trinajstić information content (AvgIpc) is 3.56. The second-order valence-electron chi connectivity index (χ2n) is 12.6. The molecule has 0 spiro atoms. The Morgan fingerprint density at radius 1 is 1.14 bits per heavy atom. The van der Waals surface area contributed by atoms with Crippen LogP contribution in [0.1, 0.15) is 69.6 Å². The number of halogens is 4. The molecule has 44 heavy (non-hydrogen) atoms. The normalized spacial score (nSPS) is 21.5. The van der Waals surface area contributed by atoms with Gasteiger partial charge in [-0.05, 0) is 57.4 Å². The molecule has 0 bridgehead atoms. The number of aromatic nitrogens is 4. The predicted octanol–water partition coefficient (Wildman–Crippen LogP) is 4.97. The lowest BCUT2D eigenvalue weighted by molar-refractivity contribution is -0.137. The van der Waals surface area contributed by atoms with E-state index in [0.717, 1.165) is 36.9 Å². The molecule has 1 N–H and O–H groups in total. The highest BCUT2D eigenvalue weighted by Gasteiger charge is 2.41. The van der Waals surface area contributed by atoms with Crippen LogP contribution in [0.2, 0.25) is 5.02 Å². The Balaban J connectivity index is 1.43. The molecule has 0 radical (unpaired) electrons. The molecule has 3 aliphatic rings. The third kappa shape index (κ3) is 5.49. The molecule has 0 saturated carbocycles. The Morgan fingerprint density at radius 3 is 2.48 bits per heavy atom. The van der Waals surface area contributed by atoms with Crippen LogP contribution in [0.5, 0.6) is 0 Å². The number of rotatable bonds is 4. The Kier molecular flexibility index (Phi) is 7.78. The van der Waals surface area contributed by atoms with Gasteiger partial charge in [-0.3, -0.25) is 19.1 Å². The monoisotopic (exact) mass is 633 g/mol. The fourth-order valence-electron chi connectivity index (χ4n) is 6.36. The lowest BCUT2D eigenvalue weighted by Crippen LogP contribution is -2.54. The number of nitrogens with one attached hydrogen (secondary N) is 1. The number of alkyl halides is 3. The van der Waals surface area contributed by atoms with Gasteiger partial charge in [-0.15, -0.1) is 5.10 Å². The maximum atomic E-state index is 14.2. The van der Waals surface area contributed by atoms with Crippen LogP contribution < -0.4 is 15.8 Å². The molecule has 1 aromatic carbocycles. The van der Waals surface area contributed by atoms with E-state index in [1.54, 1.807) is 4.57 Å². The zero-order valence-electron chi connectivity index (χ0n) is 25.0. The van der Waals surface area contributed by atoms with E-state index in [1.807, 2.05) is 13.0 Å². The second-order valence-corrected chi connectivity index (χ2v) is 13.0. The van der Waals surface area contributed by atoms with Crippen molar-refractivity contribution in [1.82, 2.24) is 24.1 Å². The van der Waals surface area contributed by atoms with Crippen molar-refractivity contribution in [3.05, 3.63) is 56.7 Å². The Morgan fingerprint density at radius 2 is 1.86 bits per heavy atom. The summed E-state index contributed by atoms with van der Waals surface area (Å²) in [5.41, 5.74) is 0.911. The van der Waals surface area contributed by atoms with Gasteiger partial charge in [-0.1, -0.05) is 24.6 Å². The summed E-state index contributed by atoms with van der Waals surface area (Å²) in [6.45, 7) is 12.2. The number of fused-ring (bicyclic) bond motifs is 3. The first-order valence-electron chi connectivity index (χ1n) is 14.7. The third-order valence-electron chi connectivity index (χ3n) is 8.71. The number of amides is 1. The van der Waals surface area contributed by atoms with Crippen molar-refractivity contribution in [2.24, 2.45) is 0 Å². The molecule has 1 fully saturated rings. The van der Waals surface area contributed by atoms with Gasteiger partial charge in [-0.2, -0.15) is 22.7 Å². The number of hydrogen-bond donors (Lipinski definition) is 1. The number of hydrogen-bond acceptors (Lipinski definition) is 7. The van der Waals surface area contributed by atoms with E-state index in [9.17, 15) is 22.8 Å². The van der Waals surface area contributed by atoms with Crippen LogP contribution >= 0.6 is 11.6 Å². The molecule has 6 rings (SSSR count). The van der Waals surface area contributed by atoms with Gasteiger partial charge >= 0.3 is 6.18 Å². The van der Waals surface area contributed by atoms with E-state index in [0.29, 0.717) is 56.4 Å². The van der Waals surface area contributed by atoms with Gasteiger partial charge in [0.15, 0.2) is 5.82 Å². The predicted molar refractivity (Wildman–Crippen MR) is 161 cm³/mol. The Labute approximate surface area is 257 Å². The third-order valence-corrected chi connectivity index (χ3v) is 9.02. The molecule has 10 nitrogen and oxygen atoms in total. The first-order chi connectivity index (χ1) is 20.7. The first-order valence-corrected chi connectivity index (χ1v) is 15.1. The number of ether oxygens (including phenoxy) is 1. The fraction of sp³-hybridized carbons (Fsp3) is 0.533. The van der Waals surface area contributed by atoms with Crippen molar-refractivity contribution >= 4 is 40.2 Å². The topological polar surface area (TPSA) is 97.0 Å². The summed E-state index contributed by atoms with van der Waals surface area (Å²) in [7, 11) is 0. The zero-order chi connectivity index (χ0) is 31.6. The summed E-state index contributed by atoms with van der Waals surface area (Å²) < 4.78 is 48.1. The highest BCUT2D eigenvalue weighted by atomic mass is 35.5. The molecular weight excluding hydrogens is 599 g/mol. The molecule has 1 amide bonds. The summed E-state index contributed by atoms with van der Waals surface area (Å²) >= 11 is 6.17. The second kappa shape index (κ2) is 11.2. The number of piperazine rings is 1. The van der Waals surface area contributed by atoms with E-state index >= 15 is 0 Å². The van der Waals surface area contributed by atoms with Crippen LogP contribution in [-0.2, 0) is 15.7 Å². The summed E-state index contributed by atoms with van der Waals surface area (Å²) in [6, 6.07) is 2.01. The quantitative estimate of drug-likeness (QED) is 0.433. The molecule has 14 heteroatoms. The molecule has 236 valence electrons. The zero-order valence-corrected chi connectivity index (χ0v) is 25.8. The van der Waals surface area contributed by atoms with E-state index in [4.69, 9.17) is 21.3 Å². The molecule has 0 unspecified atom stereocenters. The largest absolute Gasteiger partial charge is 0.416 e. The average molecular weight is 634 g/mol. The van der Waals surface area contributed by atoms with E-state index in [-0.39, 0.29) is 33.5 Å². The van der Waals surface area contributed by atoms with Crippen molar-refractivity contribution in [2.45, 2.75) is 64.2 Å². The standard InChI is InChI=1S/C30H35ClF3N7O3/c1-17-15-22(26(42)35-21-6-5-19(16-20(21)31)30(32,33)34)40-23(17)24(38-9-11-39(12-10-38)29(2,3)4)27(43)41-28(40)36-25(37-41)18-7-13-44-14-8-18/h5-7,16-17,22H,8-15H2,1-4H3,(H,35,42)/t17-,22+/m0/s1. The number of benzene rings is 1. The van der Waals surface area contributed by atoms with E-state index in [2.05, 4.69) is 41.0 Å². The first kappa shape index (κ1) is 30.6.